The normalized spacial score (nSPS) is 9.17. The lowest BCUT2D eigenvalue weighted by atomic mass is 10.6. The lowest BCUT2D eigenvalue weighted by Gasteiger charge is -2.19. The lowest BCUT2D eigenvalue weighted by Crippen LogP contribution is -2.39. The van der Waals surface area contributed by atoms with Crippen LogP contribution in [0, 0.1) is 5.41 Å². The van der Waals surface area contributed by atoms with Crippen LogP contribution in [0.2, 0.25) is 0 Å². The average Bonchev–Trinajstić information content (AvgIpc) is 1.96. The highest BCUT2D eigenvalue weighted by Crippen LogP contribution is 1.89. The molecule has 0 atom stereocenters. The van der Waals surface area contributed by atoms with Crippen LogP contribution in [0.25, 0.3) is 0 Å². The van der Waals surface area contributed by atoms with E-state index in [0.29, 0.717) is 6.61 Å². The van der Waals surface area contributed by atoms with Crippen molar-refractivity contribution in [2.24, 2.45) is 5.73 Å². The summed E-state index contributed by atoms with van der Waals surface area (Å²) in [5.74, 6) is -0.830. The topological polar surface area (TPSA) is 88.6 Å². The van der Waals surface area contributed by atoms with Crippen LogP contribution in [0.15, 0.2) is 0 Å². The van der Waals surface area contributed by atoms with E-state index in [0.717, 1.165) is 5.06 Å². The predicted molar refractivity (Wildman–Crippen MR) is 42.3 cm³/mol. The fraction of sp³-hybridized carbons (Fsp3) is 0.667. The zero-order valence-corrected chi connectivity index (χ0v) is 7.16. The number of nitrogens with two attached hydrogens (primary N) is 1. The molecule has 0 heterocycles. The van der Waals surface area contributed by atoms with Gasteiger partial charge in [0.05, 0.1) is 13.2 Å². The van der Waals surface area contributed by atoms with Gasteiger partial charge in [-0.15, -0.1) is 0 Å². The van der Waals surface area contributed by atoms with Crippen molar-refractivity contribution in [1.29, 1.82) is 5.41 Å². The first-order valence-corrected chi connectivity index (χ1v) is 3.37. The predicted octanol–water partition coefficient (Wildman–Crippen LogP) is -0.694. The van der Waals surface area contributed by atoms with E-state index < -0.39 is 5.97 Å². The first-order valence-electron chi connectivity index (χ1n) is 3.37. The summed E-state index contributed by atoms with van der Waals surface area (Å²) in [5.41, 5.74) is 5.10. The molecule has 0 aliphatic rings. The summed E-state index contributed by atoms with van der Waals surface area (Å²) < 4.78 is 4.72. The quantitative estimate of drug-likeness (QED) is 0.336. The molecule has 6 nitrogen and oxygen atoms in total. The fourth-order valence-corrected chi connectivity index (χ4v) is 0.545. The van der Waals surface area contributed by atoms with Crippen LogP contribution in [0.1, 0.15) is 6.92 Å². The molecule has 3 N–H and O–H groups in total. The molecule has 0 saturated carbocycles. The highest BCUT2D eigenvalue weighted by Gasteiger charge is 2.08. The van der Waals surface area contributed by atoms with Crippen LogP contribution in [0.3, 0.4) is 0 Å². The van der Waals surface area contributed by atoms with Crippen LogP contribution in [0.4, 0.5) is 0 Å². The Morgan fingerprint density at radius 2 is 2.25 bits per heavy atom. The Labute approximate surface area is 70.7 Å². The van der Waals surface area contributed by atoms with Gasteiger partial charge in [-0.1, -0.05) is 0 Å². The molecule has 0 radical (unpaired) electrons. The number of nitrogens with zero attached hydrogens (tertiary/aromatic N) is 1. The second-order valence-electron chi connectivity index (χ2n) is 2.06. The van der Waals surface area contributed by atoms with Crippen molar-refractivity contribution >= 4 is 11.9 Å². The minimum Gasteiger partial charge on any atom is -0.383 e. The summed E-state index contributed by atoms with van der Waals surface area (Å²) >= 11 is 0. The number of nitrogens with one attached hydrogen (secondary N) is 1. The molecule has 0 fully saturated rings. The number of carbonyl (C=O) groups excluding carboxylic acids is 1. The minimum absolute atomic E-state index is 0.255. The number of ether oxygens (including phenoxy) is 1. The maximum absolute atomic E-state index is 10.5. The molecule has 0 saturated heterocycles. The van der Waals surface area contributed by atoms with Crippen LogP contribution in [-0.4, -0.2) is 37.3 Å². The molecule has 0 bridgehead atoms. The highest BCUT2D eigenvalue weighted by atomic mass is 16.7. The zero-order valence-electron chi connectivity index (χ0n) is 7.16. The SMILES string of the molecule is COCCN(OC(C)=O)C(=N)N. The Morgan fingerprint density at radius 3 is 2.58 bits per heavy atom. The molecular weight excluding hydrogens is 162 g/mol. The van der Waals surface area contributed by atoms with E-state index in [-0.39, 0.29) is 12.5 Å². The first kappa shape index (κ1) is 10.7. The van der Waals surface area contributed by atoms with Gasteiger partial charge in [0.2, 0.25) is 5.96 Å². The highest BCUT2D eigenvalue weighted by molar-refractivity contribution is 5.76. The number of methoxy groups -OCH3 is 1. The van der Waals surface area contributed by atoms with Gasteiger partial charge in [-0.3, -0.25) is 10.2 Å². The van der Waals surface area contributed by atoms with Crippen molar-refractivity contribution in [3.05, 3.63) is 0 Å². The van der Waals surface area contributed by atoms with Gasteiger partial charge < -0.3 is 15.3 Å². The summed E-state index contributed by atoms with van der Waals surface area (Å²) in [6.07, 6.45) is 0. The molecule has 0 rings (SSSR count). The van der Waals surface area contributed by atoms with Crippen molar-refractivity contribution in [2.45, 2.75) is 6.92 Å². The zero-order chi connectivity index (χ0) is 9.56. The smallest absolute Gasteiger partial charge is 0.329 e. The number of guanidine groups is 1. The van der Waals surface area contributed by atoms with E-state index >= 15 is 0 Å². The van der Waals surface area contributed by atoms with Crippen LogP contribution >= 0.6 is 0 Å². The Balaban J connectivity index is 3.87. The molecule has 0 aromatic rings. The number of hydroxylamine groups is 2. The van der Waals surface area contributed by atoms with Crippen molar-refractivity contribution in [3.8, 4) is 0 Å². The molecular formula is C6H13N3O3. The molecule has 0 spiro atoms. The summed E-state index contributed by atoms with van der Waals surface area (Å²) in [6.45, 7) is 1.83. The molecule has 6 heteroatoms. The molecule has 0 aliphatic heterocycles. The average molecular weight is 175 g/mol. The summed E-state index contributed by atoms with van der Waals surface area (Å²) in [4.78, 5) is 15.0. The Kier molecular flexibility index (Phi) is 4.78. The Hall–Kier alpha value is -1.30. The van der Waals surface area contributed by atoms with E-state index in [9.17, 15) is 4.79 Å². The van der Waals surface area contributed by atoms with Crippen LogP contribution in [-0.2, 0) is 14.4 Å². The summed E-state index contributed by atoms with van der Waals surface area (Å²) in [7, 11) is 1.51. The van der Waals surface area contributed by atoms with Gasteiger partial charge in [-0.2, -0.15) is 5.06 Å². The van der Waals surface area contributed by atoms with Crippen molar-refractivity contribution in [3.63, 3.8) is 0 Å². The van der Waals surface area contributed by atoms with E-state index in [2.05, 4.69) is 4.84 Å². The molecule has 0 aromatic heterocycles. The first-order chi connectivity index (χ1) is 5.57. The number of rotatable bonds is 3. The molecule has 12 heavy (non-hydrogen) atoms. The van der Waals surface area contributed by atoms with E-state index in [1.54, 1.807) is 0 Å². The molecule has 0 unspecified atom stereocenters. The van der Waals surface area contributed by atoms with Crippen molar-refractivity contribution in [2.75, 3.05) is 20.3 Å². The second kappa shape index (κ2) is 5.36. The molecule has 0 aromatic carbocycles. The Morgan fingerprint density at radius 1 is 1.67 bits per heavy atom. The van der Waals surface area contributed by atoms with Gasteiger partial charge in [-0.25, -0.2) is 0 Å². The standard InChI is InChI=1S/C6H13N3O3/c1-5(10)12-9(6(7)8)3-4-11-2/h3-4H2,1-2H3,(H3,7,8). The Bertz CT molecular complexity index is 171. The maximum atomic E-state index is 10.5. The van der Waals surface area contributed by atoms with E-state index in [1.807, 2.05) is 0 Å². The monoisotopic (exact) mass is 175 g/mol. The van der Waals surface area contributed by atoms with Gasteiger partial charge in [0.15, 0.2) is 0 Å². The molecule has 70 valence electrons. The van der Waals surface area contributed by atoms with Gasteiger partial charge in [-0.05, 0) is 0 Å². The van der Waals surface area contributed by atoms with Crippen molar-refractivity contribution in [1.82, 2.24) is 5.06 Å². The van der Waals surface area contributed by atoms with Gasteiger partial charge in [0.1, 0.15) is 0 Å². The summed E-state index contributed by atoms with van der Waals surface area (Å²) in [5, 5.41) is 7.96. The minimum atomic E-state index is -0.513. The summed E-state index contributed by atoms with van der Waals surface area (Å²) in [6, 6.07) is 0. The third-order valence-electron chi connectivity index (χ3n) is 1.01. The van der Waals surface area contributed by atoms with E-state index in [4.69, 9.17) is 15.9 Å². The number of hydrogen-bond acceptors (Lipinski definition) is 4. The third-order valence-corrected chi connectivity index (χ3v) is 1.01. The van der Waals surface area contributed by atoms with Crippen LogP contribution in [0.5, 0.6) is 0 Å². The van der Waals surface area contributed by atoms with Gasteiger partial charge in [0.25, 0.3) is 0 Å². The van der Waals surface area contributed by atoms with E-state index in [1.165, 1.54) is 14.0 Å². The second-order valence-corrected chi connectivity index (χ2v) is 2.06. The number of hydrogen-bond donors (Lipinski definition) is 2. The molecule has 0 amide bonds. The van der Waals surface area contributed by atoms with Crippen LogP contribution < -0.4 is 5.73 Å². The number of carbonyl (C=O) groups is 1. The maximum Gasteiger partial charge on any atom is 0.329 e. The van der Waals surface area contributed by atoms with Gasteiger partial charge in [0, 0.05) is 14.0 Å². The fourth-order valence-electron chi connectivity index (χ4n) is 0.545. The largest absolute Gasteiger partial charge is 0.383 e. The van der Waals surface area contributed by atoms with Gasteiger partial charge >= 0.3 is 5.97 Å². The third kappa shape index (κ3) is 4.51. The van der Waals surface area contributed by atoms with Crippen molar-refractivity contribution < 1.29 is 14.4 Å². The lowest BCUT2D eigenvalue weighted by molar-refractivity contribution is -0.171. The molecule has 0 aliphatic carbocycles.